The van der Waals surface area contributed by atoms with Gasteiger partial charge in [-0.2, -0.15) is 0 Å². The van der Waals surface area contributed by atoms with Crippen LogP contribution >= 0.6 is 10.0 Å². The minimum atomic E-state index is -1.34. The molecule has 8 heteroatoms. The smallest absolute Gasteiger partial charge is 0.411 e. The van der Waals surface area contributed by atoms with Crippen molar-refractivity contribution in [2.24, 2.45) is 0 Å². The molecule has 2 atom stereocenters. The third kappa shape index (κ3) is 7.64. The monoisotopic (exact) mass is 639 g/mol. The van der Waals surface area contributed by atoms with E-state index in [4.69, 9.17) is 14.5 Å². The lowest BCUT2D eigenvalue weighted by Gasteiger charge is -2.39. The summed E-state index contributed by atoms with van der Waals surface area (Å²) in [5, 5.41) is 19.0. The van der Waals surface area contributed by atoms with Crippen LogP contribution < -0.4 is 10.1 Å². The van der Waals surface area contributed by atoms with Crippen LogP contribution in [0.4, 0.5) is 10.5 Å². The van der Waals surface area contributed by atoms with Crippen LogP contribution in [0, 0.1) is 0 Å². The Labute approximate surface area is 273 Å². The third-order valence-electron chi connectivity index (χ3n) is 8.29. The molecule has 0 saturated heterocycles. The largest absolute Gasteiger partial charge is 0.481 e. The number of aliphatic hydroxyl groups is 1. The molecule has 0 aliphatic rings. The second kappa shape index (κ2) is 14.1. The Balaban J connectivity index is 1.65. The Morgan fingerprint density at radius 1 is 0.935 bits per heavy atom. The highest BCUT2D eigenvalue weighted by Crippen LogP contribution is 2.49. The lowest BCUT2D eigenvalue weighted by Crippen LogP contribution is -2.38. The van der Waals surface area contributed by atoms with Crippen molar-refractivity contribution < 1.29 is 19.4 Å². The number of aromatic nitrogens is 1. The number of hydrogen-bond acceptors (Lipinski definition) is 6. The van der Waals surface area contributed by atoms with Crippen LogP contribution in [-0.2, 0) is 10.3 Å². The summed E-state index contributed by atoms with van der Waals surface area (Å²) in [4.78, 5) is 19.6. The maximum atomic E-state index is 13.2. The maximum Gasteiger partial charge on any atom is 0.411 e. The molecule has 0 fully saturated rings. The zero-order valence-electron chi connectivity index (χ0n) is 27.6. The molecule has 5 rings (SSSR count). The van der Waals surface area contributed by atoms with E-state index in [0.717, 1.165) is 38.6 Å². The zero-order chi connectivity index (χ0) is 32.9. The maximum absolute atomic E-state index is 13.2. The summed E-state index contributed by atoms with van der Waals surface area (Å²) < 4.78 is 11.4. The van der Waals surface area contributed by atoms with Crippen molar-refractivity contribution >= 4 is 43.5 Å². The number of carbonyl (C=O) groups excluding carboxylic acids is 1. The third-order valence-corrected chi connectivity index (χ3v) is 9.69. The number of ether oxygens (including phenoxy) is 2. The summed E-state index contributed by atoms with van der Waals surface area (Å²) >= 11 is 0. The molecule has 1 heterocycles. The van der Waals surface area contributed by atoms with Crippen LogP contribution in [0.25, 0.3) is 21.7 Å². The molecule has 0 bridgehead atoms. The van der Waals surface area contributed by atoms with E-state index in [2.05, 4.69) is 47.2 Å². The first kappa shape index (κ1) is 33.3. The highest BCUT2D eigenvalue weighted by Gasteiger charge is 2.43. The van der Waals surface area contributed by atoms with E-state index in [-0.39, 0.29) is 0 Å². The number of pyridine rings is 1. The first-order chi connectivity index (χ1) is 22.0. The van der Waals surface area contributed by atoms with Gasteiger partial charge in [0.15, 0.2) is 0 Å². The second-order valence-corrected chi connectivity index (χ2v) is 17.5. The van der Waals surface area contributed by atoms with Gasteiger partial charge in [0.2, 0.25) is 5.88 Å². The normalized spacial score (nSPS) is 14.2. The molecule has 1 aromatic heterocycles. The van der Waals surface area contributed by atoms with Crippen molar-refractivity contribution in [1.29, 1.82) is 0 Å². The summed E-state index contributed by atoms with van der Waals surface area (Å²) in [6.07, 6.45) is 6.56. The number of fused-ring (bicyclic) bond motifs is 2. The Morgan fingerprint density at radius 3 is 2.37 bits per heavy atom. The van der Waals surface area contributed by atoms with Gasteiger partial charge in [0.25, 0.3) is 0 Å². The fraction of sp³-hybridized carbons (Fsp3) is 0.316. The Morgan fingerprint density at radius 2 is 1.65 bits per heavy atom. The quantitative estimate of drug-likeness (QED) is 0.146. The molecular formula is C38H45N3O4S. The van der Waals surface area contributed by atoms with Crippen LogP contribution in [0.1, 0.15) is 29.0 Å². The molecule has 7 nitrogen and oxygen atoms in total. The van der Waals surface area contributed by atoms with Crippen molar-refractivity contribution in [2.75, 3.05) is 64.2 Å². The average Bonchev–Trinajstić information content (AvgIpc) is 3.03. The van der Waals surface area contributed by atoms with Crippen LogP contribution in [0.3, 0.4) is 0 Å². The number of amides is 1. The Kier molecular flexibility index (Phi) is 10.2. The van der Waals surface area contributed by atoms with Gasteiger partial charge >= 0.3 is 6.09 Å². The van der Waals surface area contributed by atoms with Crippen LogP contribution in [-0.4, -0.2) is 80.0 Å². The van der Waals surface area contributed by atoms with Gasteiger partial charge in [0.1, 0.15) is 12.2 Å². The van der Waals surface area contributed by atoms with E-state index in [9.17, 15) is 9.90 Å². The van der Waals surface area contributed by atoms with Crippen molar-refractivity contribution in [1.82, 2.24) is 9.88 Å². The van der Waals surface area contributed by atoms with Gasteiger partial charge in [0, 0.05) is 34.9 Å². The second-order valence-electron chi connectivity index (χ2n) is 12.9. The lowest BCUT2D eigenvalue weighted by molar-refractivity contribution is 0.00520. The van der Waals surface area contributed by atoms with Crippen molar-refractivity contribution in [3.8, 4) is 5.88 Å². The van der Waals surface area contributed by atoms with Crippen LogP contribution in [0.2, 0.25) is 0 Å². The van der Waals surface area contributed by atoms with Crippen molar-refractivity contribution in [3.63, 3.8) is 0 Å². The number of nitrogens with one attached hydrogen (secondary N) is 1. The molecule has 242 valence electrons. The van der Waals surface area contributed by atoms with E-state index in [0.29, 0.717) is 36.7 Å². The Bertz CT molecular complexity index is 1800. The number of rotatable bonds is 12. The van der Waals surface area contributed by atoms with Crippen LogP contribution in [0.15, 0.2) is 97.1 Å². The summed E-state index contributed by atoms with van der Waals surface area (Å²) in [7, 11) is 4.88. The molecule has 0 radical (unpaired) electrons. The van der Waals surface area contributed by atoms with Gasteiger partial charge in [-0.05, 0) is 85.4 Å². The number of anilines is 1. The molecule has 0 aliphatic heterocycles. The van der Waals surface area contributed by atoms with E-state index in [1.54, 1.807) is 7.11 Å². The predicted molar refractivity (Wildman–Crippen MR) is 193 cm³/mol. The van der Waals surface area contributed by atoms with E-state index < -0.39 is 27.6 Å². The molecule has 4 aromatic carbocycles. The molecule has 5 aromatic rings. The van der Waals surface area contributed by atoms with E-state index >= 15 is 0 Å². The zero-order valence-corrected chi connectivity index (χ0v) is 28.4. The van der Waals surface area contributed by atoms with Crippen molar-refractivity contribution in [2.45, 2.75) is 17.9 Å². The van der Waals surface area contributed by atoms with Gasteiger partial charge < -0.3 is 19.5 Å². The summed E-state index contributed by atoms with van der Waals surface area (Å²) in [5.74, 6) is 0.752. The fourth-order valence-electron chi connectivity index (χ4n) is 5.95. The molecule has 0 saturated carbocycles. The molecular weight excluding hydrogens is 595 g/mol. The minimum absolute atomic E-state index is 0.375. The van der Waals surface area contributed by atoms with Gasteiger partial charge in [-0.1, -0.05) is 72.8 Å². The first-order valence-electron chi connectivity index (χ1n) is 15.5. The standard InChI is InChI=1S/C38H45N3O4S/c1-41(2)22-21-38(43,33-18-12-16-27-13-10-11-17-31(27)33)35(28-14-8-7-9-15-28)32-26-29-25-30(19-20-34(29)40-36(32)44-3)39-37(42)45-23-24-46(4,5)6/h7-20,25-26,35,43H,21-24H2,1-6H3,(H,39,42). The van der Waals surface area contributed by atoms with Gasteiger partial charge in [-0.3, -0.25) is 5.32 Å². The van der Waals surface area contributed by atoms with E-state index in [1.165, 1.54) is 0 Å². The molecule has 0 aliphatic carbocycles. The van der Waals surface area contributed by atoms with Gasteiger partial charge in [0.05, 0.1) is 12.6 Å². The number of methoxy groups -OCH3 is 1. The summed E-state index contributed by atoms with van der Waals surface area (Å²) in [6.45, 7) is 1.03. The van der Waals surface area contributed by atoms with Gasteiger partial charge in [-0.15, -0.1) is 0 Å². The number of nitrogens with zero attached hydrogens (tertiary/aromatic N) is 2. The average molecular weight is 640 g/mol. The molecule has 0 spiro atoms. The fourth-order valence-corrected chi connectivity index (χ4v) is 6.53. The SMILES string of the molecule is COc1nc2ccc(NC(=O)OCCS(C)(C)C)cc2cc1C(c1ccccc1)C(O)(CCN(C)C)c1cccc2ccccc12. The van der Waals surface area contributed by atoms with Gasteiger partial charge in [-0.25, -0.2) is 19.8 Å². The highest BCUT2D eigenvalue weighted by atomic mass is 32.3. The first-order valence-corrected chi connectivity index (χ1v) is 18.5. The number of benzene rings is 4. The molecule has 46 heavy (non-hydrogen) atoms. The predicted octanol–water partition coefficient (Wildman–Crippen LogP) is 7.61. The summed E-state index contributed by atoms with van der Waals surface area (Å²) in [5.41, 5.74) is 2.51. The molecule has 1 amide bonds. The number of hydrogen-bond donors (Lipinski definition) is 2. The number of carbonyl (C=O) groups is 1. The van der Waals surface area contributed by atoms with Crippen molar-refractivity contribution in [3.05, 3.63) is 114 Å². The molecule has 2 unspecified atom stereocenters. The highest BCUT2D eigenvalue weighted by molar-refractivity contribution is 8.32. The minimum Gasteiger partial charge on any atom is -0.481 e. The summed E-state index contributed by atoms with van der Waals surface area (Å²) in [6, 6.07) is 31.9. The lowest BCUT2D eigenvalue weighted by atomic mass is 9.70. The Hall–Kier alpha value is -4.11. The molecule has 2 N–H and O–H groups in total. The topological polar surface area (TPSA) is 83.9 Å². The van der Waals surface area contributed by atoms with E-state index in [1.807, 2.05) is 93.0 Å². The van der Waals surface area contributed by atoms with Crippen LogP contribution in [0.5, 0.6) is 5.88 Å².